The molecule has 3 atom stereocenters. The normalized spacial score (nSPS) is 14.0. The smallest absolute Gasteiger partial charge is 0.462 e. The van der Waals surface area contributed by atoms with E-state index in [0.29, 0.717) is 19.3 Å². The Morgan fingerprint density at radius 2 is 0.750 bits per heavy atom. The van der Waals surface area contributed by atoms with Crippen LogP contribution in [0.25, 0.3) is 0 Å². The Balaban J connectivity index is 4.81. The van der Waals surface area contributed by atoms with Crippen molar-refractivity contribution < 1.29 is 52.2 Å². The number of esters is 3. The summed E-state index contributed by atoms with van der Waals surface area (Å²) in [6, 6.07) is 0. The zero-order valence-corrected chi connectivity index (χ0v) is 46.5. The molecule has 0 aliphatic rings. The van der Waals surface area contributed by atoms with E-state index in [2.05, 4.69) is 93.7 Å². The van der Waals surface area contributed by atoms with E-state index in [1.807, 2.05) is 12.2 Å². The number of carbonyl (C=O) groups excluding carboxylic acids is 3. The highest BCUT2D eigenvalue weighted by molar-refractivity contribution is 7.47. The van der Waals surface area contributed by atoms with E-state index in [4.69, 9.17) is 23.3 Å². The Kier molecular flexibility index (Phi) is 51.4. The first-order valence-corrected chi connectivity index (χ1v) is 30.0. The molecule has 0 spiro atoms. The van der Waals surface area contributed by atoms with Crippen molar-refractivity contribution in [1.82, 2.24) is 0 Å². The molecule has 0 amide bonds. The largest absolute Gasteiger partial charge is 0.472 e. The number of rotatable bonds is 52. The first kappa shape index (κ1) is 68.7. The summed E-state index contributed by atoms with van der Waals surface area (Å²) in [5, 5.41) is 9.78. The van der Waals surface area contributed by atoms with Crippen LogP contribution in [0.2, 0.25) is 0 Å². The predicted molar refractivity (Wildman–Crippen MR) is 298 cm³/mol. The Bertz CT molecular complexity index is 1530. The van der Waals surface area contributed by atoms with Crippen LogP contribution < -0.4 is 0 Å². The topological polar surface area (TPSA) is 155 Å². The van der Waals surface area contributed by atoms with Gasteiger partial charge in [-0.25, -0.2) is 4.57 Å². The molecule has 414 valence electrons. The van der Waals surface area contributed by atoms with Crippen LogP contribution >= 0.6 is 7.82 Å². The number of aliphatic hydroxyl groups excluding tert-OH is 1. The van der Waals surface area contributed by atoms with Crippen molar-refractivity contribution in [1.29, 1.82) is 0 Å². The highest BCUT2D eigenvalue weighted by atomic mass is 31.2. The van der Waals surface area contributed by atoms with Gasteiger partial charge in [0, 0.05) is 19.3 Å². The van der Waals surface area contributed by atoms with Gasteiger partial charge in [-0.1, -0.05) is 202 Å². The van der Waals surface area contributed by atoms with Crippen molar-refractivity contribution >= 4 is 25.7 Å². The summed E-state index contributed by atoms with van der Waals surface area (Å²) < 4.78 is 39.4. The third-order valence-corrected chi connectivity index (χ3v) is 12.7. The molecule has 0 bridgehead atoms. The van der Waals surface area contributed by atoms with Crippen LogP contribution in [-0.2, 0) is 42.2 Å². The summed E-state index contributed by atoms with van der Waals surface area (Å²) in [5.74, 6) is -1.57. The minimum Gasteiger partial charge on any atom is -0.462 e. The fourth-order valence-corrected chi connectivity index (χ4v) is 8.24. The zero-order valence-electron chi connectivity index (χ0n) is 45.6. The van der Waals surface area contributed by atoms with Gasteiger partial charge in [0.15, 0.2) is 6.10 Å². The van der Waals surface area contributed by atoms with Crippen molar-refractivity contribution in [3.05, 3.63) is 85.1 Å². The molecule has 0 aliphatic heterocycles. The van der Waals surface area contributed by atoms with E-state index < -0.39 is 57.8 Å². The van der Waals surface area contributed by atoms with Crippen LogP contribution in [0.4, 0.5) is 0 Å². The van der Waals surface area contributed by atoms with E-state index in [-0.39, 0.29) is 25.9 Å². The molecule has 72 heavy (non-hydrogen) atoms. The second-order valence-electron chi connectivity index (χ2n) is 18.7. The van der Waals surface area contributed by atoms with Gasteiger partial charge >= 0.3 is 25.7 Å². The lowest BCUT2D eigenvalue weighted by molar-refractivity contribution is -0.161. The number of hydrogen-bond donors (Lipinski definition) is 2. The predicted octanol–water partition coefficient (Wildman–Crippen LogP) is 16.7. The van der Waals surface area contributed by atoms with Crippen molar-refractivity contribution in [2.45, 2.75) is 251 Å². The lowest BCUT2D eigenvalue weighted by Gasteiger charge is -2.21. The summed E-state index contributed by atoms with van der Waals surface area (Å²) >= 11 is 0. The number of allylic oxidation sites excluding steroid dienone is 14. The number of hydrogen-bond acceptors (Lipinski definition) is 10. The molecular formula is C60H103O11P. The number of phosphoric acid groups is 1. The van der Waals surface area contributed by atoms with Crippen LogP contribution in [-0.4, -0.2) is 66.5 Å². The fraction of sp³-hybridized carbons (Fsp3) is 0.717. The molecule has 0 aromatic rings. The highest BCUT2D eigenvalue weighted by Crippen LogP contribution is 2.43. The molecule has 0 fully saturated rings. The standard InChI is InChI=1S/C60H103O11P/c1-4-7-10-13-16-19-22-25-27-28-30-32-34-37-40-43-46-49-58(62)67-53-57(71-60(64)51-48-45-42-39-36-33-29-26-23-20-17-14-11-8-5-2)55-69-72(65,66)68-54-56(52-61)70-59(63)50-47-44-41-38-35-31-24-21-18-15-12-9-6-3/h9,12,17-18,20-21,25-27,29,31,35,41,44,56-57,61H,4-8,10-11,13-16,19,22-24,28,30,32-34,36-40,42-43,45-55H2,1-3H3,(H,65,66)/b12-9-,20-17-,21-18-,27-25-,29-26-,35-31-,44-41-. The van der Waals surface area contributed by atoms with Crippen LogP contribution in [0.15, 0.2) is 85.1 Å². The Labute approximate surface area is 439 Å². The van der Waals surface area contributed by atoms with Crippen LogP contribution in [0, 0.1) is 0 Å². The summed E-state index contributed by atoms with van der Waals surface area (Å²) in [7, 11) is -4.77. The SMILES string of the molecule is CC/C=C\C/C=C\C/C=C\C/C=C\CCC(=O)OC(CO)COP(=O)(O)OCC(COC(=O)CCCCCCCCC/C=C\CCCCCCCC)OC(=O)CCCCCCC/C=C\C/C=C\CCCCC. The molecular weight excluding hydrogens is 928 g/mol. The second-order valence-corrected chi connectivity index (χ2v) is 20.2. The van der Waals surface area contributed by atoms with Gasteiger partial charge in [-0.2, -0.15) is 0 Å². The van der Waals surface area contributed by atoms with Crippen molar-refractivity contribution in [3.8, 4) is 0 Å². The fourth-order valence-electron chi connectivity index (χ4n) is 7.45. The van der Waals surface area contributed by atoms with Gasteiger partial charge in [0.1, 0.15) is 12.7 Å². The van der Waals surface area contributed by atoms with Gasteiger partial charge in [-0.3, -0.25) is 23.4 Å². The average Bonchev–Trinajstić information content (AvgIpc) is 3.37. The van der Waals surface area contributed by atoms with Gasteiger partial charge in [0.25, 0.3) is 0 Å². The van der Waals surface area contributed by atoms with Crippen LogP contribution in [0.5, 0.6) is 0 Å². The second kappa shape index (κ2) is 53.9. The summed E-state index contributed by atoms with van der Waals surface area (Å²) in [6.07, 6.45) is 61.3. The molecule has 0 saturated heterocycles. The number of phosphoric ester groups is 1. The van der Waals surface area contributed by atoms with E-state index in [0.717, 1.165) is 96.3 Å². The van der Waals surface area contributed by atoms with E-state index in [1.165, 1.54) is 83.5 Å². The van der Waals surface area contributed by atoms with Crippen molar-refractivity contribution in [2.75, 3.05) is 26.4 Å². The molecule has 11 nitrogen and oxygen atoms in total. The molecule has 0 aromatic carbocycles. The Morgan fingerprint density at radius 1 is 0.403 bits per heavy atom. The molecule has 0 rings (SSSR count). The van der Waals surface area contributed by atoms with Gasteiger partial charge < -0.3 is 24.2 Å². The van der Waals surface area contributed by atoms with E-state index in [1.54, 1.807) is 0 Å². The Morgan fingerprint density at radius 3 is 1.24 bits per heavy atom. The lowest BCUT2D eigenvalue weighted by atomic mass is 10.1. The maximum absolute atomic E-state index is 12.9. The first-order chi connectivity index (χ1) is 35.2. The zero-order chi connectivity index (χ0) is 52.7. The van der Waals surface area contributed by atoms with Crippen LogP contribution in [0.1, 0.15) is 239 Å². The maximum Gasteiger partial charge on any atom is 0.472 e. The highest BCUT2D eigenvalue weighted by Gasteiger charge is 2.28. The van der Waals surface area contributed by atoms with Crippen LogP contribution in [0.3, 0.4) is 0 Å². The third kappa shape index (κ3) is 51.6. The summed E-state index contributed by atoms with van der Waals surface area (Å²) in [6.45, 7) is 4.40. The number of unbranched alkanes of at least 4 members (excludes halogenated alkanes) is 21. The number of aliphatic hydroxyl groups is 1. The monoisotopic (exact) mass is 1030 g/mol. The molecule has 3 unspecified atom stereocenters. The minimum atomic E-state index is -4.77. The molecule has 0 heterocycles. The van der Waals surface area contributed by atoms with Gasteiger partial charge in [0.05, 0.1) is 19.8 Å². The van der Waals surface area contributed by atoms with Gasteiger partial charge in [-0.15, -0.1) is 0 Å². The van der Waals surface area contributed by atoms with E-state index >= 15 is 0 Å². The molecule has 0 saturated carbocycles. The molecule has 0 aromatic heterocycles. The summed E-state index contributed by atoms with van der Waals surface area (Å²) in [4.78, 5) is 48.4. The first-order valence-electron chi connectivity index (χ1n) is 28.5. The molecule has 2 N–H and O–H groups in total. The number of ether oxygens (including phenoxy) is 3. The van der Waals surface area contributed by atoms with Crippen molar-refractivity contribution in [3.63, 3.8) is 0 Å². The summed E-state index contributed by atoms with van der Waals surface area (Å²) in [5.41, 5.74) is 0. The van der Waals surface area contributed by atoms with Gasteiger partial charge in [-0.05, 0) is 103 Å². The maximum atomic E-state index is 12.9. The van der Waals surface area contributed by atoms with Crippen molar-refractivity contribution in [2.24, 2.45) is 0 Å². The Hall–Kier alpha value is -3.34. The average molecular weight is 1030 g/mol. The molecule has 0 aliphatic carbocycles. The number of carbonyl (C=O) groups is 3. The van der Waals surface area contributed by atoms with E-state index in [9.17, 15) is 28.9 Å². The third-order valence-electron chi connectivity index (χ3n) is 11.8. The molecule has 0 radical (unpaired) electrons. The molecule has 12 heteroatoms. The quantitative estimate of drug-likeness (QED) is 0.0197. The van der Waals surface area contributed by atoms with Gasteiger partial charge in [0.2, 0.25) is 0 Å². The minimum absolute atomic E-state index is 0.0522. The lowest BCUT2D eigenvalue weighted by Crippen LogP contribution is -2.30.